The summed E-state index contributed by atoms with van der Waals surface area (Å²) in [5, 5.41) is 2.42. The number of carbonyl (C=O) groups is 1. The van der Waals surface area contributed by atoms with Crippen LogP contribution in [0.3, 0.4) is 0 Å². The highest BCUT2D eigenvalue weighted by Gasteiger charge is 2.30. The van der Waals surface area contributed by atoms with Gasteiger partial charge in [-0.25, -0.2) is 8.42 Å². The summed E-state index contributed by atoms with van der Waals surface area (Å²) in [6, 6.07) is 8.70. The van der Waals surface area contributed by atoms with Crippen LogP contribution in [-0.4, -0.2) is 20.9 Å². The van der Waals surface area contributed by atoms with Gasteiger partial charge in [-0.15, -0.1) is 6.42 Å². The second kappa shape index (κ2) is 7.49. The predicted molar refractivity (Wildman–Crippen MR) is 89.9 cm³/mol. The Labute approximate surface area is 148 Å². The van der Waals surface area contributed by atoms with E-state index in [2.05, 4.69) is 16.0 Å². The number of halogens is 3. The van der Waals surface area contributed by atoms with E-state index in [-0.39, 0.29) is 22.7 Å². The lowest BCUT2D eigenvalue weighted by Gasteiger charge is -2.11. The SMILES string of the molecule is C#CCNC(=O)c1ccc(S(=O)(=O)Nc2cccc(C(F)(F)F)c2)cc1. The van der Waals surface area contributed by atoms with Crippen LogP contribution in [0.1, 0.15) is 15.9 Å². The standard InChI is InChI=1S/C17H13F3N2O3S/c1-2-10-21-16(23)12-6-8-15(9-7-12)26(24,25)22-14-5-3-4-13(11-14)17(18,19)20/h1,3-9,11,22H,10H2,(H,21,23). The molecule has 0 saturated carbocycles. The molecule has 0 unspecified atom stereocenters. The molecule has 0 atom stereocenters. The molecule has 0 fully saturated rings. The number of hydrogen-bond donors (Lipinski definition) is 2. The Morgan fingerprint density at radius 2 is 1.77 bits per heavy atom. The first-order chi connectivity index (χ1) is 12.1. The van der Waals surface area contributed by atoms with Crippen LogP contribution in [0.15, 0.2) is 53.4 Å². The van der Waals surface area contributed by atoms with Crippen LogP contribution < -0.4 is 10.0 Å². The maximum atomic E-state index is 12.7. The molecule has 5 nitrogen and oxygen atoms in total. The van der Waals surface area contributed by atoms with Gasteiger partial charge in [0.1, 0.15) is 0 Å². The average Bonchev–Trinajstić information content (AvgIpc) is 2.59. The van der Waals surface area contributed by atoms with Crippen molar-refractivity contribution in [2.24, 2.45) is 0 Å². The first-order valence-electron chi connectivity index (χ1n) is 7.15. The fraction of sp³-hybridized carbons (Fsp3) is 0.118. The smallest absolute Gasteiger partial charge is 0.341 e. The lowest BCUT2D eigenvalue weighted by atomic mass is 10.2. The number of rotatable bonds is 5. The van der Waals surface area contributed by atoms with Crippen molar-refractivity contribution in [1.29, 1.82) is 0 Å². The van der Waals surface area contributed by atoms with Crippen LogP contribution in [0, 0.1) is 12.3 Å². The zero-order valence-electron chi connectivity index (χ0n) is 13.2. The molecule has 0 heterocycles. The van der Waals surface area contributed by atoms with Crippen molar-refractivity contribution in [2.75, 3.05) is 11.3 Å². The molecule has 1 amide bonds. The van der Waals surface area contributed by atoms with Crippen LogP contribution in [0.2, 0.25) is 0 Å². The molecule has 2 aromatic carbocycles. The molecule has 0 aliphatic carbocycles. The Hall–Kier alpha value is -2.99. The summed E-state index contributed by atoms with van der Waals surface area (Å²) in [6.07, 6.45) is 0.436. The van der Waals surface area contributed by atoms with Crippen molar-refractivity contribution in [3.8, 4) is 12.3 Å². The molecule has 9 heteroatoms. The Morgan fingerprint density at radius 3 is 2.35 bits per heavy atom. The van der Waals surface area contributed by atoms with Gasteiger partial charge in [0.2, 0.25) is 0 Å². The van der Waals surface area contributed by atoms with Gasteiger partial charge in [0.05, 0.1) is 17.0 Å². The van der Waals surface area contributed by atoms with Gasteiger partial charge in [-0.3, -0.25) is 9.52 Å². The maximum Gasteiger partial charge on any atom is 0.416 e. The van der Waals surface area contributed by atoms with E-state index in [1.54, 1.807) is 0 Å². The van der Waals surface area contributed by atoms with Gasteiger partial charge in [0.25, 0.3) is 15.9 Å². The minimum atomic E-state index is -4.59. The van der Waals surface area contributed by atoms with Crippen molar-refractivity contribution in [3.63, 3.8) is 0 Å². The lowest BCUT2D eigenvalue weighted by Crippen LogP contribution is -2.23. The second-order valence-electron chi connectivity index (χ2n) is 5.10. The van der Waals surface area contributed by atoms with E-state index in [0.29, 0.717) is 6.07 Å². The van der Waals surface area contributed by atoms with Gasteiger partial charge in [-0.05, 0) is 42.5 Å². The van der Waals surface area contributed by atoms with E-state index in [0.717, 1.165) is 12.1 Å². The summed E-state index contributed by atoms with van der Waals surface area (Å²) in [7, 11) is -4.12. The minimum Gasteiger partial charge on any atom is -0.341 e. The summed E-state index contributed by atoms with van der Waals surface area (Å²) < 4.78 is 64.8. The molecule has 0 aliphatic rings. The number of nitrogens with one attached hydrogen (secondary N) is 2. The molecule has 0 bridgehead atoms. The van der Waals surface area contributed by atoms with E-state index in [1.807, 2.05) is 0 Å². The molecule has 26 heavy (non-hydrogen) atoms. The summed E-state index contributed by atoms with van der Waals surface area (Å²) in [5.41, 5.74) is -1.01. The molecule has 2 aromatic rings. The van der Waals surface area contributed by atoms with Crippen molar-refractivity contribution in [2.45, 2.75) is 11.1 Å². The van der Waals surface area contributed by atoms with Gasteiger partial charge >= 0.3 is 6.18 Å². The maximum absolute atomic E-state index is 12.7. The Kier molecular flexibility index (Phi) is 5.57. The van der Waals surface area contributed by atoms with Gasteiger partial charge in [0.15, 0.2) is 0 Å². The predicted octanol–water partition coefficient (Wildman–Crippen LogP) is 2.87. The number of benzene rings is 2. The van der Waals surface area contributed by atoms with Gasteiger partial charge in [-0.1, -0.05) is 12.0 Å². The molecule has 136 valence electrons. The number of alkyl halides is 3. The van der Waals surface area contributed by atoms with E-state index in [1.165, 1.54) is 30.3 Å². The molecule has 2 N–H and O–H groups in total. The third-order valence-electron chi connectivity index (χ3n) is 3.22. The zero-order chi connectivity index (χ0) is 19.4. The minimum absolute atomic E-state index is 0.0238. The Morgan fingerprint density at radius 1 is 1.12 bits per heavy atom. The summed E-state index contributed by atoms with van der Waals surface area (Å²) >= 11 is 0. The Bertz CT molecular complexity index is 946. The zero-order valence-corrected chi connectivity index (χ0v) is 14.0. The van der Waals surface area contributed by atoms with Crippen molar-refractivity contribution in [1.82, 2.24) is 5.32 Å². The van der Waals surface area contributed by atoms with E-state index in [9.17, 15) is 26.4 Å². The lowest BCUT2D eigenvalue weighted by molar-refractivity contribution is -0.137. The number of hydrogen-bond acceptors (Lipinski definition) is 3. The van der Waals surface area contributed by atoms with Gasteiger partial charge in [-0.2, -0.15) is 13.2 Å². The van der Waals surface area contributed by atoms with Crippen molar-refractivity contribution < 1.29 is 26.4 Å². The molecule has 0 aliphatic heterocycles. The van der Waals surface area contributed by atoms with Crippen LogP contribution in [0.4, 0.5) is 18.9 Å². The quantitative estimate of drug-likeness (QED) is 0.781. The van der Waals surface area contributed by atoms with E-state index >= 15 is 0 Å². The van der Waals surface area contributed by atoms with E-state index in [4.69, 9.17) is 6.42 Å². The number of terminal acetylenes is 1. The number of sulfonamides is 1. The fourth-order valence-electron chi connectivity index (χ4n) is 1.99. The molecule has 0 saturated heterocycles. The van der Waals surface area contributed by atoms with Crippen LogP contribution in [0.5, 0.6) is 0 Å². The third kappa shape index (κ3) is 4.77. The largest absolute Gasteiger partial charge is 0.416 e. The topological polar surface area (TPSA) is 75.3 Å². The van der Waals surface area contributed by atoms with Crippen LogP contribution in [0.25, 0.3) is 0 Å². The summed E-state index contributed by atoms with van der Waals surface area (Å²) in [6.45, 7) is 0.0238. The molecular formula is C17H13F3N2O3S. The fourth-order valence-corrected chi connectivity index (χ4v) is 3.04. The third-order valence-corrected chi connectivity index (χ3v) is 4.62. The molecule has 0 spiro atoms. The Balaban J connectivity index is 2.21. The first kappa shape index (κ1) is 19.3. The summed E-state index contributed by atoms with van der Waals surface area (Å²) in [4.78, 5) is 11.5. The first-order valence-corrected chi connectivity index (χ1v) is 8.63. The average molecular weight is 382 g/mol. The molecule has 0 radical (unpaired) electrons. The van der Waals surface area contributed by atoms with Crippen LogP contribution >= 0.6 is 0 Å². The monoisotopic (exact) mass is 382 g/mol. The number of anilines is 1. The van der Waals surface area contributed by atoms with Gasteiger partial charge in [0, 0.05) is 11.3 Å². The van der Waals surface area contributed by atoms with Crippen molar-refractivity contribution >= 4 is 21.6 Å². The highest BCUT2D eigenvalue weighted by atomic mass is 32.2. The normalized spacial score (nSPS) is 11.5. The van der Waals surface area contributed by atoms with Crippen molar-refractivity contribution in [3.05, 3.63) is 59.7 Å². The molecular weight excluding hydrogens is 369 g/mol. The highest BCUT2D eigenvalue weighted by Crippen LogP contribution is 2.31. The second-order valence-corrected chi connectivity index (χ2v) is 6.78. The van der Waals surface area contributed by atoms with Gasteiger partial charge < -0.3 is 5.32 Å². The van der Waals surface area contributed by atoms with E-state index < -0.39 is 27.7 Å². The molecule has 2 rings (SSSR count). The molecule has 0 aromatic heterocycles. The number of amides is 1. The van der Waals surface area contributed by atoms with Crippen LogP contribution in [-0.2, 0) is 16.2 Å². The number of carbonyl (C=O) groups excluding carboxylic acids is 1. The highest BCUT2D eigenvalue weighted by molar-refractivity contribution is 7.92. The summed E-state index contributed by atoms with van der Waals surface area (Å²) in [5.74, 6) is 1.75.